The molecule has 56 valence electrons. The lowest BCUT2D eigenvalue weighted by Crippen LogP contribution is -2.10. The van der Waals surface area contributed by atoms with Crippen LogP contribution in [0.1, 0.15) is 13.3 Å². The fraction of sp³-hybridized carbons (Fsp3) is 0.400. The summed E-state index contributed by atoms with van der Waals surface area (Å²) >= 11 is 4.81. The smallest absolute Gasteiger partial charge is 0.322 e. The van der Waals surface area contributed by atoms with Gasteiger partial charge in [0.05, 0.1) is 0 Å². The zero-order valence-electron chi connectivity index (χ0n) is 5.22. The quantitative estimate of drug-likeness (QED) is 0.333. The number of hydrogen-bond donors (Lipinski definition) is 0. The SMILES string of the molecule is CC(=O)OC(=O)CC(=O)Cl. The first-order valence-electron chi connectivity index (χ1n) is 2.42. The summed E-state index contributed by atoms with van der Waals surface area (Å²) < 4.78 is 3.98. The Labute approximate surface area is 62.1 Å². The normalized spacial score (nSPS) is 8.60. The molecule has 10 heavy (non-hydrogen) atoms. The Balaban J connectivity index is 3.65. The minimum Gasteiger partial charge on any atom is -0.393 e. The minimum absolute atomic E-state index is 0.568. The zero-order chi connectivity index (χ0) is 8.15. The van der Waals surface area contributed by atoms with Gasteiger partial charge in [-0.3, -0.25) is 14.4 Å². The molecule has 0 aliphatic rings. The van der Waals surface area contributed by atoms with E-state index in [1.165, 1.54) is 0 Å². The lowest BCUT2D eigenvalue weighted by atomic mass is 10.5. The molecule has 0 aliphatic heterocycles. The van der Waals surface area contributed by atoms with Gasteiger partial charge in [-0.05, 0) is 11.6 Å². The molecule has 0 fully saturated rings. The van der Waals surface area contributed by atoms with Crippen molar-refractivity contribution in [1.82, 2.24) is 0 Å². The Bertz CT molecular complexity index is 156. The van der Waals surface area contributed by atoms with Gasteiger partial charge >= 0.3 is 11.9 Å². The predicted octanol–water partition coefficient (Wildman–Crippen LogP) is 0.232. The average molecular weight is 165 g/mol. The molecule has 0 N–H and O–H groups in total. The molecule has 0 aromatic carbocycles. The number of ether oxygens (including phenoxy) is 1. The molecule has 0 aromatic heterocycles. The second kappa shape index (κ2) is 4.00. The van der Waals surface area contributed by atoms with Crippen LogP contribution in [0.15, 0.2) is 0 Å². The third-order valence-corrected chi connectivity index (χ3v) is 0.675. The monoisotopic (exact) mass is 164 g/mol. The summed E-state index contributed by atoms with van der Waals surface area (Å²) in [6.45, 7) is 1.07. The Morgan fingerprint density at radius 2 is 1.90 bits per heavy atom. The van der Waals surface area contributed by atoms with Crippen LogP contribution in [0, 0.1) is 0 Å². The van der Waals surface area contributed by atoms with Crippen molar-refractivity contribution in [2.24, 2.45) is 0 Å². The van der Waals surface area contributed by atoms with Crippen LogP contribution >= 0.6 is 11.6 Å². The zero-order valence-corrected chi connectivity index (χ0v) is 5.97. The molecule has 0 aliphatic carbocycles. The molecule has 0 amide bonds. The van der Waals surface area contributed by atoms with E-state index in [0.29, 0.717) is 0 Å². The first kappa shape index (κ1) is 9.10. The number of carbonyl (C=O) groups is 3. The molecule has 0 unspecified atom stereocenters. The first-order valence-corrected chi connectivity index (χ1v) is 2.79. The van der Waals surface area contributed by atoms with Gasteiger partial charge in [-0.2, -0.15) is 0 Å². The Morgan fingerprint density at radius 3 is 2.20 bits per heavy atom. The lowest BCUT2D eigenvalue weighted by Gasteiger charge is -1.93. The van der Waals surface area contributed by atoms with Crippen LogP contribution in [0.5, 0.6) is 0 Å². The highest BCUT2D eigenvalue weighted by atomic mass is 35.5. The number of halogens is 1. The highest BCUT2D eigenvalue weighted by Gasteiger charge is 2.09. The fourth-order valence-corrected chi connectivity index (χ4v) is 0.419. The molecule has 5 heteroatoms. The molecular weight excluding hydrogens is 160 g/mol. The van der Waals surface area contributed by atoms with Gasteiger partial charge < -0.3 is 4.74 Å². The van der Waals surface area contributed by atoms with Crippen molar-refractivity contribution in [2.45, 2.75) is 13.3 Å². The van der Waals surface area contributed by atoms with Crippen molar-refractivity contribution in [2.75, 3.05) is 0 Å². The van der Waals surface area contributed by atoms with Gasteiger partial charge in [0, 0.05) is 6.92 Å². The Hall–Kier alpha value is -0.900. The summed E-state index contributed by atoms with van der Waals surface area (Å²) in [7, 11) is 0. The largest absolute Gasteiger partial charge is 0.393 e. The van der Waals surface area contributed by atoms with E-state index < -0.39 is 23.6 Å². The minimum atomic E-state index is -0.924. The topological polar surface area (TPSA) is 60.4 Å². The summed E-state index contributed by atoms with van der Waals surface area (Å²) in [4.78, 5) is 30.3. The molecule has 0 saturated heterocycles. The third-order valence-electron chi connectivity index (χ3n) is 0.541. The van der Waals surface area contributed by atoms with Crippen LogP contribution in [-0.4, -0.2) is 17.2 Å². The first-order chi connectivity index (χ1) is 4.52. The van der Waals surface area contributed by atoms with Crippen LogP contribution in [0.4, 0.5) is 0 Å². The molecule has 0 aromatic rings. The van der Waals surface area contributed by atoms with E-state index in [0.717, 1.165) is 6.92 Å². The van der Waals surface area contributed by atoms with Crippen LogP contribution in [-0.2, 0) is 19.1 Å². The van der Waals surface area contributed by atoms with E-state index in [1.807, 2.05) is 0 Å². The molecule has 0 rings (SSSR count). The summed E-state index contributed by atoms with van der Waals surface area (Å²) in [5, 5.41) is -0.841. The van der Waals surface area contributed by atoms with Crippen LogP contribution in [0.2, 0.25) is 0 Å². The molecule has 0 bridgehead atoms. The molecule has 0 atom stereocenters. The van der Waals surface area contributed by atoms with Gasteiger partial charge in [0.1, 0.15) is 6.42 Å². The second-order valence-electron chi connectivity index (χ2n) is 1.50. The molecule has 0 saturated carbocycles. The highest BCUT2D eigenvalue weighted by molar-refractivity contribution is 6.64. The molecule has 0 radical (unpaired) electrons. The van der Waals surface area contributed by atoms with E-state index in [4.69, 9.17) is 11.6 Å². The summed E-state index contributed by atoms with van der Waals surface area (Å²) in [5.74, 6) is -1.67. The number of esters is 2. The van der Waals surface area contributed by atoms with Gasteiger partial charge in [-0.15, -0.1) is 0 Å². The van der Waals surface area contributed by atoms with Crippen molar-refractivity contribution < 1.29 is 19.1 Å². The highest BCUT2D eigenvalue weighted by Crippen LogP contribution is 1.91. The van der Waals surface area contributed by atoms with Gasteiger partial charge in [-0.1, -0.05) is 0 Å². The number of carbonyl (C=O) groups excluding carboxylic acids is 3. The van der Waals surface area contributed by atoms with Gasteiger partial charge in [0.25, 0.3) is 0 Å². The standard InChI is InChI=1S/C5H5ClO4/c1-3(7)10-5(9)2-4(6)8/h2H2,1H3. The summed E-state index contributed by atoms with van der Waals surface area (Å²) in [5.41, 5.74) is 0. The van der Waals surface area contributed by atoms with Gasteiger partial charge in [-0.25, -0.2) is 0 Å². The summed E-state index contributed by atoms with van der Waals surface area (Å²) in [6, 6.07) is 0. The van der Waals surface area contributed by atoms with E-state index in [2.05, 4.69) is 4.74 Å². The van der Waals surface area contributed by atoms with Gasteiger partial charge in [0.15, 0.2) is 0 Å². The molecule has 4 nitrogen and oxygen atoms in total. The molecular formula is C5H5ClO4. The molecule has 0 spiro atoms. The second-order valence-corrected chi connectivity index (χ2v) is 1.92. The maximum atomic E-state index is 10.3. The third kappa shape index (κ3) is 5.24. The molecule has 0 heterocycles. The van der Waals surface area contributed by atoms with E-state index in [-0.39, 0.29) is 0 Å². The van der Waals surface area contributed by atoms with E-state index in [9.17, 15) is 14.4 Å². The van der Waals surface area contributed by atoms with E-state index in [1.54, 1.807) is 0 Å². The van der Waals surface area contributed by atoms with E-state index >= 15 is 0 Å². The maximum Gasteiger partial charge on any atom is 0.322 e. The lowest BCUT2D eigenvalue weighted by molar-refractivity contribution is -0.158. The van der Waals surface area contributed by atoms with Crippen LogP contribution < -0.4 is 0 Å². The van der Waals surface area contributed by atoms with Crippen molar-refractivity contribution in [3.05, 3.63) is 0 Å². The average Bonchev–Trinajstić information content (AvgIpc) is 1.58. The Morgan fingerprint density at radius 1 is 1.40 bits per heavy atom. The Kier molecular flexibility index (Phi) is 3.64. The van der Waals surface area contributed by atoms with Crippen molar-refractivity contribution in [1.29, 1.82) is 0 Å². The summed E-state index contributed by atoms with van der Waals surface area (Å²) in [6.07, 6.45) is -0.568. The van der Waals surface area contributed by atoms with Crippen molar-refractivity contribution in [3.63, 3.8) is 0 Å². The number of hydrogen-bond acceptors (Lipinski definition) is 4. The van der Waals surface area contributed by atoms with Crippen LogP contribution in [0.25, 0.3) is 0 Å². The van der Waals surface area contributed by atoms with Crippen molar-refractivity contribution in [3.8, 4) is 0 Å². The maximum absolute atomic E-state index is 10.3. The fourth-order valence-electron chi connectivity index (χ4n) is 0.310. The number of rotatable bonds is 2. The van der Waals surface area contributed by atoms with Crippen LogP contribution in [0.3, 0.4) is 0 Å². The predicted molar refractivity (Wildman–Crippen MR) is 32.2 cm³/mol. The van der Waals surface area contributed by atoms with Crippen molar-refractivity contribution >= 4 is 28.8 Å². The van der Waals surface area contributed by atoms with Gasteiger partial charge in [0.2, 0.25) is 5.24 Å².